The van der Waals surface area contributed by atoms with Gasteiger partial charge in [0.1, 0.15) is 5.88 Å². The Bertz CT molecular complexity index is 165. The van der Waals surface area contributed by atoms with Crippen LogP contribution in [0.3, 0.4) is 0 Å². The van der Waals surface area contributed by atoms with Crippen molar-refractivity contribution in [3.8, 4) is 0 Å². The van der Waals surface area contributed by atoms with Gasteiger partial charge in [-0.1, -0.05) is 0 Å². The molecule has 0 fully saturated rings. The van der Waals surface area contributed by atoms with Crippen molar-refractivity contribution in [1.82, 2.24) is 5.32 Å². The largest absolute Gasteiger partial charge is 0.330 e. The van der Waals surface area contributed by atoms with Crippen LogP contribution < -0.4 is 11.1 Å². The first-order chi connectivity index (χ1) is 4.56. The number of hydrogen-bond acceptors (Lipinski definition) is 4. The lowest BCUT2D eigenvalue weighted by Gasteiger charge is -1.98. The molecule has 0 aromatic rings. The average molecular weight is 168 g/mol. The van der Waals surface area contributed by atoms with E-state index in [0.717, 1.165) is 0 Å². The summed E-state index contributed by atoms with van der Waals surface area (Å²) >= 11 is 0. The molecule has 0 atom stereocenters. The van der Waals surface area contributed by atoms with Gasteiger partial charge in [-0.2, -0.15) is 8.42 Å². The minimum absolute atomic E-state index is 0.396. The van der Waals surface area contributed by atoms with Gasteiger partial charge in [0.25, 0.3) is 10.1 Å². The molecule has 6 heteroatoms. The van der Waals surface area contributed by atoms with Gasteiger partial charge in [0.2, 0.25) is 0 Å². The molecule has 0 aliphatic rings. The summed E-state index contributed by atoms with van der Waals surface area (Å²) in [5.41, 5.74) is 5.13. The van der Waals surface area contributed by atoms with Crippen molar-refractivity contribution in [3.05, 3.63) is 0 Å². The van der Waals surface area contributed by atoms with Gasteiger partial charge in [0.05, 0.1) is 0 Å². The lowest BCUT2D eigenvalue weighted by Crippen LogP contribution is -2.24. The van der Waals surface area contributed by atoms with Crippen LogP contribution in [0.25, 0.3) is 0 Å². The minimum atomic E-state index is -3.86. The van der Waals surface area contributed by atoms with Crippen LogP contribution in [0.5, 0.6) is 0 Å². The van der Waals surface area contributed by atoms with Gasteiger partial charge in [-0.25, -0.2) is 0 Å². The van der Waals surface area contributed by atoms with Gasteiger partial charge >= 0.3 is 0 Å². The van der Waals surface area contributed by atoms with Crippen molar-refractivity contribution in [2.24, 2.45) is 5.73 Å². The van der Waals surface area contributed by atoms with E-state index in [-0.39, 0.29) is 0 Å². The molecule has 0 rings (SSSR count). The second-order valence-corrected chi connectivity index (χ2v) is 3.32. The Morgan fingerprint density at radius 2 is 2.10 bits per heavy atom. The lowest BCUT2D eigenvalue weighted by atomic mass is 10.4. The summed E-state index contributed by atoms with van der Waals surface area (Å²) in [4.78, 5) is 0. The van der Waals surface area contributed by atoms with Crippen molar-refractivity contribution in [2.75, 3.05) is 19.0 Å². The number of nitrogens with two attached hydrogens (primary N) is 1. The summed E-state index contributed by atoms with van der Waals surface area (Å²) in [5, 5.41) is 2.51. The number of nitrogens with one attached hydrogen (secondary N) is 1. The van der Waals surface area contributed by atoms with E-state index in [4.69, 9.17) is 10.3 Å². The minimum Gasteiger partial charge on any atom is -0.330 e. The normalized spacial score (nSPS) is 11.8. The Kier molecular flexibility index (Phi) is 4.54. The van der Waals surface area contributed by atoms with Crippen LogP contribution in [-0.4, -0.2) is 31.9 Å². The first kappa shape index (κ1) is 9.83. The smallest absolute Gasteiger partial charge is 0.278 e. The Balaban J connectivity index is 3.21. The third-order valence-corrected chi connectivity index (χ3v) is 1.41. The standard InChI is InChI=1S/C4H12N2O3S/c5-2-1-3-6-4-10(7,8)9/h6H,1-5H2,(H,7,8,9). The summed E-state index contributed by atoms with van der Waals surface area (Å²) in [6.45, 7) is 1.02. The molecule has 10 heavy (non-hydrogen) atoms. The predicted octanol–water partition coefficient (Wildman–Crippen LogP) is -1.23. The molecule has 0 heterocycles. The molecule has 0 aliphatic heterocycles. The highest BCUT2D eigenvalue weighted by Gasteiger charge is 2.00. The predicted molar refractivity (Wildman–Crippen MR) is 38.1 cm³/mol. The third kappa shape index (κ3) is 7.83. The maximum atomic E-state index is 10.1. The molecule has 0 spiro atoms. The van der Waals surface area contributed by atoms with Crippen LogP contribution in [0.15, 0.2) is 0 Å². The van der Waals surface area contributed by atoms with E-state index < -0.39 is 16.0 Å². The molecule has 0 radical (unpaired) electrons. The topological polar surface area (TPSA) is 92.4 Å². The van der Waals surface area contributed by atoms with Crippen molar-refractivity contribution in [1.29, 1.82) is 0 Å². The Morgan fingerprint density at radius 1 is 1.50 bits per heavy atom. The van der Waals surface area contributed by atoms with E-state index >= 15 is 0 Å². The molecule has 0 aliphatic carbocycles. The highest BCUT2D eigenvalue weighted by Crippen LogP contribution is 1.76. The molecular formula is C4H12N2O3S. The van der Waals surface area contributed by atoms with Crippen molar-refractivity contribution in [2.45, 2.75) is 6.42 Å². The molecule has 4 N–H and O–H groups in total. The zero-order valence-corrected chi connectivity index (χ0v) is 6.39. The summed E-state index contributed by atoms with van der Waals surface area (Å²) in [6, 6.07) is 0. The molecule has 0 bridgehead atoms. The molecular weight excluding hydrogens is 156 g/mol. The summed E-state index contributed by atoms with van der Waals surface area (Å²) in [7, 11) is -3.86. The fourth-order valence-corrected chi connectivity index (χ4v) is 0.830. The monoisotopic (exact) mass is 168 g/mol. The Labute approximate surface area is 60.4 Å². The van der Waals surface area contributed by atoms with E-state index in [0.29, 0.717) is 19.5 Å². The molecule has 0 amide bonds. The van der Waals surface area contributed by atoms with Crippen LogP contribution in [0.2, 0.25) is 0 Å². The highest BCUT2D eigenvalue weighted by atomic mass is 32.2. The van der Waals surface area contributed by atoms with E-state index in [1.54, 1.807) is 0 Å². The van der Waals surface area contributed by atoms with Crippen LogP contribution in [-0.2, 0) is 10.1 Å². The second-order valence-electron chi connectivity index (χ2n) is 1.87. The fraction of sp³-hybridized carbons (Fsp3) is 1.00. The van der Waals surface area contributed by atoms with E-state index in [1.165, 1.54) is 0 Å². The zero-order valence-electron chi connectivity index (χ0n) is 5.58. The summed E-state index contributed by atoms with van der Waals surface area (Å²) in [5.74, 6) is -0.396. The van der Waals surface area contributed by atoms with Gasteiger partial charge in [-0.05, 0) is 19.5 Å². The zero-order chi connectivity index (χ0) is 8.04. The molecule has 5 nitrogen and oxygen atoms in total. The highest BCUT2D eigenvalue weighted by molar-refractivity contribution is 7.85. The Hall–Kier alpha value is -0.170. The fourth-order valence-electron chi connectivity index (χ4n) is 0.428. The third-order valence-electron chi connectivity index (χ3n) is 0.842. The Morgan fingerprint density at radius 3 is 2.50 bits per heavy atom. The maximum absolute atomic E-state index is 10.1. The van der Waals surface area contributed by atoms with E-state index in [1.807, 2.05) is 0 Å². The molecule has 0 saturated carbocycles. The maximum Gasteiger partial charge on any atom is 0.278 e. The molecule has 0 unspecified atom stereocenters. The van der Waals surface area contributed by atoms with E-state index in [2.05, 4.69) is 5.32 Å². The first-order valence-electron chi connectivity index (χ1n) is 2.92. The van der Waals surface area contributed by atoms with Crippen molar-refractivity contribution in [3.63, 3.8) is 0 Å². The SMILES string of the molecule is NCCCNCS(=O)(=O)O. The van der Waals surface area contributed by atoms with Gasteiger partial charge in [-0.3, -0.25) is 4.55 Å². The van der Waals surface area contributed by atoms with Gasteiger partial charge < -0.3 is 11.1 Å². The molecule has 0 aromatic heterocycles. The van der Waals surface area contributed by atoms with Gasteiger partial charge in [-0.15, -0.1) is 0 Å². The number of hydrogen-bond donors (Lipinski definition) is 3. The van der Waals surface area contributed by atoms with Crippen LogP contribution in [0.1, 0.15) is 6.42 Å². The summed E-state index contributed by atoms with van der Waals surface area (Å²) in [6.07, 6.45) is 0.704. The van der Waals surface area contributed by atoms with Crippen LogP contribution >= 0.6 is 0 Å². The molecule has 62 valence electrons. The van der Waals surface area contributed by atoms with Crippen LogP contribution in [0.4, 0.5) is 0 Å². The van der Waals surface area contributed by atoms with Crippen LogP contribution in [0, 0.1) is 0 Å². The molecule has 0 saturated heterocycles. The number of rotatable bonds is 5. The van der Waals surface area contributed by atoms with Crippen molar-refractivity contribution >= 4 is 10.1 Å². The molecule has 0 aromatic carbocycles. The quantitative estimate of drug-likeness (QED) is 0.353. The van der Waals surface area contributed by atoms with Crippen molar-refractivity contribution < 1.29 is 13.0 Å². The van der Waals surface area contributed by atoms with Gasteiger partial charge in [0, 0.05) is 0 Å². The van der Waals surface area contributed by atoms with Gasteiger partial charge in [0.15, 0.2) is 0 Å². The first-order valence-corrected chi connectivity index (χ1v) is 4.53. The lowest BCUT2D eigenvalue weighted by molar-refractivity contribution is 0.476. The average Bonchev–Trinajstić information content (AvgIpc) is 1.78. The second kappa shape index (κ2) is 4.62. The summed E-state index contributed by atoms with van der Waals surface area (Å²) < 4.78 is 28.3. The van der Waals surface area contributed by atoms with E-state index in [9.17, 15) is 8.42 Å².